The summed E-state index contributed by atoms with van der Waals surface area (Å²) in [5.41, 5.74) is 4.05. The van der Waals surface area contributed by atoms with Crippen LogP contribution < -0.4 is 10.2 Å². The number of unbranched alkanes of at least 4 members (excludes halogenated alkanes) is 2. The molecule has 0 bridgehead atoms. The Morgan fingerprint density at radius 2 is 1.50 bits per heavy atom. The van der Waals surface area contributed by atoms with E-state index < -0.39 is 17.7 Å². The predicted octanol–water partition coefficient (Wildman–Crippen LogP) is 6.98. The lowest BCUT2D eigenvalue weighted by Crippen LogP contribution is -2.45. The van der Waals surface area contributed by atoms with E-state index in [9.17, 15) is 9.59 Å². The molecule has 1 heterocycles. The number of nitrogens with one attached hydrogen (secondary N) is 1. The molecule has 1 fully saturated rings. The molecule has 0 saturated carbocycles. The fourth-order valence-electron chi connectivity index (χ4n) is 4.71. The van der Waals surface area contributed by atoms with Crippen LogP contribution in [0.1, 0.15) is 85.3 Å². The van der Waals surface area contributed by atoms with Gasteiger partial charge in [0.05, 0.1) is 0 Å². The summed E-state index contributed by atoms with van der Waals surface area (Å²) in [6.45, 7) is 14.5. The summed E-state index contributed by atoms with van der Waals surface area (Å²) in [7, 11) is 3.96. The molecule has 3 rings (SSSR count). The minimum absolute atomic E-state index is 0.0282. The van der Waals surface area contributed by atoms with Crippen LogP contribution in [0.3, 0.4) is 0 Å². The molecule has 0 spiro atoms. The van der Waals surface area contributed by atoms with Gasteiger partial charge in [0.1, 0.15) is 5.82 Å². The molecule has 1 N–H and O–H groups in total. The Morgan fingerprint density at radius 3 is 2.00 bits per heavy atom. The third kappa shape index (κ3) is 8.03. The van der Waals surface area contributed by atoms with Gasteiger partial charge >= 0.3 is 11.9 Å². The molecular weight excluding hydrogens is 502 g/mol. The zero-order valence-corrected chi connectivity index (χ0v) is 25.8. The molecule has 40 heavy (non-hydrogen) atoms. The summed E-state index contributed by atoms with van der Waals surface area (Å²) in [4.78, 5) is 30.8. The molecule has 0 amide bonds. The Morgan fingerprint density at radius 1 is 0.925 bits per heavy atom. The SMILES string of the molecule is CCCCCC(C)N(Cc1ccc(C(C)(C)C)cc1)C(Nc1ccc(N(C)C)cc1)=C1C(=O)OC(C)(C)OC1=O. The highest BCUT2D eigenvalue weighted by atomic mass is 16.7. The summed E-state index contributed by atoms with van der Waals surface area (Å²) >= 11 is 0. The average Bonchev–Trinajstić information content (AvgIpc) is 2.85. The summed E-state index contributed by atoms with van der Waals surface area (Å²) < 4.78 is 11.1. The highest BCUT2D eigenvalue weighted by molar-refractivity contribution is 6.16. The van der Waals surface area contributed by atoms with Crippen LogP contribution >= 0.6 is 0 Å². The number of hydrogen-bond acceptors (Lipinski definition) is 7. The first-order valence-electron chi connectivity index (χ1n) is 14.3. The predicted molar refractivity (Wildman–Crippen MR) is 162 cm³/mol. The van der Waals surface area contributed by atoms with Gasteiger partial charge in [0.15, 0.2) is 5.57 Å². The van der Waals surface area contributed by atoms with Gasteiger partial charge in [0.25, 0.3) is 5.79 Å². The maximum Gasteiger partial charge on any atom is 0.352 e. The molecule has 1 unspecified atom stereocenters. The van der Waals surface area contributed by atoms with Gasteiger partial charge in [-0.25, -0.2) is 9.59 Å². The fourth-order valence-corrected chi connectivity index (χ4v) is 4.71. The minimum Gasteiger partial charge on any atom is -0.419 e. The quantitative estimate of drug-likeness (QED) is 0.140. The van der Waals surface area contributed by atoms with Gasteiger partial charge in [-0.05, 0) is 54.2 Å². The third-order valence-corrected chi connectivity index (χ3v) is 7.19. The van der Waals surface area contributed by atoms with E-state index in [1.54, 1.807) is 13.8 Å². The molecule has 0 radical (unpaired) electrons. The number of hydrogen-bond donors (Lipinski definition) is 1. The standard InChI is InChI=1S/C33H47N3O4/c1-10-11-12-13-23(2)36(22-24-14-16-25(17-15-24)32(3,4)5)29(28-30(37)39-33(6,7)40-31(28)38)34-26-18-20-27(21-19-26)35(8)9/h14-21,23,34H,10-13,22H2,1-9H3. The molecular formula is C33H47N3O4. The van der Waals surface area contributed by atoms with Crippen LogP contribution in [0, 0.1) is 0 Å². The van der Waals surface area contributed by atoms with Crippen molar-refractivity contribution in [3.63, 3.8) is 0 Å². The number of nitrogens with zero attached hydrogens (tertiary/aromatic N) is 2. The van der Waals surface area contributed by atoms with E-state index in [1.165, 1.54) is 5.56 Å². The zero-order valence-electron chi connectivity index (χ0n) is 25.8. The van der Waals surface area contributed by atoms with Crippen LogP contribution in [0.25, 0.3) is 0 Å². The number of rotatable bonds is 11. The molecule has 7 nitrogen and oxygen atoms in total. The lowest BCUT2D eigenvalue weighted by Gasteiger charge is -2.37. The van der Waals surface area contributed by atoms with Crippen molar-refractivity contribution in [2.24, 2.45) is 0 Å². The molecule has 0 aliphatic carbocycles. The van der Waals surface area contributed by atoms with E-state index in [0.29, 0.717) is 12.4 Å². The van der Waals surface area contributed by atoms with Gasteiger partial charge in [-0.2, -0.15) is 0 Å². The molecule has 1 aliphatic heterocycles. The Hall–Kier alpha value is -3.48. The third-order valence-electron chi connectivity index (χ3n) is 7.19. The second-order valence-electron chi connectivity index (χ2n) is 12.4. The van der Waals surface area contributed by atoms with E-state index >= 15 is 0 Å². The number of carbonyl (C=O) groups excluding carboxylic acids is 2. The number of cyclic esters (lactones) is 2. The fraction of sp³-hybridized carbons (Fsp3) is 0.515. The molecule has 2 aromatic carbocycles. The first-order chi connectivity index (χ1) is 18.7. The Labute approximate surface area is 240 Å². The first kappa shape index (κ1) is 31.1. The van der Waals surface area contributed by atoms with E-state index in [0.717, 1.165) is 42.6 Å². The van der Waals surface area contributed by atoms with Crippen molar-refractivity contribution >= 4 is 23.3 Å². The van der Waals surface area contributed by atoms with E-state index in [1.807, 2.05) is 43.3 Å². The monoisotopic (exact) mass is 549 g/mol. The molecule has 0 aromatic heterocycles. The van der Waals surface area contributed by atoms with Crippen LogP contribution in [-0.4, -0.2) is 42.8 Å². The second-order valence-corrected chi connectivity index (χ2v) is 12.4. The van der Waals surface area contributed by atoms with Crippen molar-refractivity contribution in [1.82, 2.24) is 4.90 Å². The lowest BCUT2D eigenvalue weighted by atomic mass is 9.86. The van der Waals surface area contributed by atoms with Crippen LogP contribution in [0.4, 0.5) is 11.4 Å². The molecule has 1 atom stereocenters. The zero-order chi connectivity index (χ0) is 29.7. The Bertz CT molecular complexity index is 1170. The molecule has 1 aliphatic rings. The van der Waals surface area contributed by atoms with Gasteiger partial charge in [0, 0.05) is 51.9 Å². The molecule has 7 heteroatoms. The maximum absolute atomic E-state index is 13.3. The first-order valence-corrected chi connectivity index (χ1v) is 14.3. The van der Waals surface area contributed by atoms with E-state index in [4.69, 9.17) is 9.47 Å². The number of carbonyl (C=O) groups is 2. The van der Waals surface area contributed by atoms with Crippen LogP contribution in [-0.2, 0) is 31.0 Å². The summed E-state index contributed by atoms with van der Waals surface area (Å²) in [6.07, 6.45) is 4.17. The summed E-state index contributed by atoms with van der Waals surface area (Å²) in [5.74, 6) is -2.31. The summed E-state index contributed by atoms with van der Waals surface area (Å²) in [6, 6.07) is 16.5. The van der Waals surface area contributed by atoms with E-state index in [-0.39, 0.29) is 17.0 Å². The lowest BCUT2D eigenvalue weighted by molar-refractivity contribution is -0.222. The normalized spacial score (nSPS) is 15.7. The smallest absolute Gasteiger partial charge is 0.352 e. The largest absolute Gasteiger partial charge is 0.419 e. The average molecular weight is 550 g/mol. The van der Waals surface area contributed by atoms with Crippen molar-refractivity contribution in [2.45, 2.75) is 97.9 Å². The highest BCUT2D eigenvalue weighted by Crippen LogP contribution is 2.31. The maximum atomic E-state index is 13.3. The van der Waals surface area contributed by atoms with Gasteiger partial charge in [-0.15, -0.1) is 0 Å². The molecule has 218 valence electrons. The summed E-state index contributed by atoms with van der Waals surface area (Å²) in [5, 5.41) is 3.42. The highest BCUT2D eigenvalue weighted by Gasteiger charge is 2.42. The molecule has 2 aromatic rings. The van der Waals surface area contributed by atoms with Crippen LogP contribution in [0.5, 0.6) is 0 Å². The Balaban J connectivity index is 2.10. The number of benzene rings is 2. The van der Waals surface area contributed by atoms with Gasteiger partial charge in [0.2, 0.25) is 0 Å². The van der Waals surface area contributed by atoms with Crippen molar-refractivity contribution in [3.8, 4) is 0 Å². The second kappa shape index (κ2) is 12.8. The molecule has 1 saturated heterocycles. The number of esters is 2. The van der Waals surface area contributed by atoms with Gasteiger partial charge in [-0.3, -0.25) is 0 Å². The Kier molecular flexibility index (Phi) is 9.93. The number of anilines is 2. The van der Waals surface area contributed by atoms with Crippen molar-refractivity contribution in [2.75, 3.05) is 24.3 Å². The van der Waals surface area contributed by atoms with E-state index in [2.05, 4.69) is 69.1 Å². The van der Waals surface area contributed by atoms with Crippen molar-refractivity contribution in [1.29, 1.82) is 0 Å². The minimum atomic E-state index is -1.32. The topological polar surface area (TPSA) is 71.1 Å². The van der Waals surface area contributed by atoms with Crippen molar-refractivity contribution in [3.05, 3.63) is 71.1 Å². The van der Waals surface area contributed by atoms with Crippen LogP contribution in [0.2, 0.25) is 0 Å². The van der Waals surface area contributed by atoms with Gasteiger partial charge < -0.3 is 24.6 Å². The van der Waals surface area contributed by atoms with Crippen LogP contribution in [0.15, 0.2) is 59.9 Å². The van der Waals surface area contributed by atoms with Gasteiger partial charge in [-0.1, -0.05) is 71.2 Å². The number of ether oxygens (including phenoxy) is 2. The van der Waals surface area contributed by atoms with Crippen molar-refractivity contribution < 1.29 is 19.1 Å².